The summed E-state index contributed by atoms with van der Waals surface area (Å²) in [6, 6.07) is 4.28. The second kappa shape index (κ2) is 3.40. The minimum absolute atomic E-state index is 0.956. The molecule has 1 aromatic carbocycles. The molecule has 1 aliphatic heterocycles. The van der Waals surface area contributed by atoms with Crippen LogP contribution in [0.25, 0.3) is 0 Å². The molecule has 0 bridgehead atoms. The number of nitrogens with one attached hydrogen (secondary N) is 1. The highest BCUT2D eigenvalue weighted by molar-refractivity contribution is 5.70. The Morgan fingerprint density at radius 3 is 2.79 bits per heavy atom. The molecule has 0 unspecified atom stereocenters. The van der Waals surface area contributed by atoms with Gasteiger partial charge in [-0.3, -0.25) is 0 Å². The zero-order chi connectivity index (χ0) is 10.1. The van der Waals surface area contributed by atoms with E-state index in [1.807, 2.05) is 14.1 Å². The largest absolute Gasteiger partial charge is 0.495 e. The molecule has 1 aromatic rings. The van der Waals surface area contributed by atoms with E-state index in [0.717, 1.165) is 24.4 Å². The Balaban J connectivity index is 2.49. The van der Waals surface area contributed by atoms with Crippen molar-refractivity contribution in [2.45, 2.75) is 6.42 Å². The standard InChI is InChI=1S/C11H16N2O/c1-13(2)10-7-9-8(4-5-12-9)6-11(10)14-3/h6-7,12H,4-5H2,1-3H3. The average molecular weight is 192 g/mol. The van der Waals surface area contributed by atoms with Crippen molar-refractivity contribution in [2.24, 2.45) is 0 Å². The smallest absolute Gasteiger partial charge is 0.142 e. The zero-order valence-electron chi connectivity index (χ0n) is 8.92. The van der Waals surface area contributed by atoms with Gasteiger partial charge in [0.1, 0.15) is 5.75 Å². The number of fused-ring (bicyclic) bond motifs is 1. The maximum Gasteiger partial charge on any atom is 0.142 e. The van der Waals surface area contributed by atoms with Gasteiger partial charge in [-0.05, 0) is 24.1 Å². The molecule has 0 saturated heterocycles. The van der Waals surface area contributed by atoms with E-state index in [2.05, 4.69) is 22.3 Å². The Morgan fingerprint density at radius 2 is 2.14 bits per heavy atom. The maximum absolute atomic E-state index is 5.36. The fourth-order valence-corrected chi connectivity index (χ4v) is 1.83. The van der Waals surface area contributed by atoms with Crippen molar-refractivity contribution in [1.29, 1.82) is 0 Å². The molecule has 1 N–H and O–H groups in total. The van der Waals surface area contributed by atoms with Crippen LogP contribution in [-0.2, 0) is 6.42 Å². The second-order valence-corrected chi connectivity index (χ2v) is 3.75. The number of rotatable bonds is 2. The average Bonchev–Trinajstić information content (AvgIpc) is 2.62. The van der Waals surface area contributed by atoms with E-state index < -0.39 is 0 Å². The number of methoxy groups -OCH3 is 1. The van der Waals surface area contributed by atoms with Gasteiger partial charge >= 0.3 is 0 Å². The molecule has 0 spiro atoms. The highest BCUT2D eigenvalue weighted by Gasteiger charge is 2.15. The number of hydrogen-bond acceptors (Lipinski definition) is 3. The molecule has 2 rings (SSSR count). The third-order valence-corrected chi connectivity index (χ3v) is 2.60. The highest BCUT2D eigenvalue weighted by Crippen LogP contribution is 2.35. The van der Waals surface area contributed by atoms with Gasteiger partial charge in [0.2, 0.25) is 0 Å². The Labute approximate surface area is 84.7 Å². The van der Waals surface area contributed by atoms with E-state index in [1.54, 1.807) is 7.11 Å². The van der Waals surface area contributed by atoms with Crippen LogP contribution < -0.4 is 15.0 Å². The SMILES string of the molecule is COc1cc2c(cc1N(C)C)NCC2. The molecule has 1 heterocycles. The molecule has 0 saturated carbocycles. The topological polar surface area (TPSA) is 24.5 Å². The predicted octanol–water partition coefficient (Wildman–Crippen LogP) is 1.73. The van der Waals surface area contributed by atoms with E-state index in [1.165, 1.54) is 11.3 Å². The van der Waals surface area contributed by atoms with E-state index in [9.17, 15) is 0 Å². The fraction of sp³-hybridized carbons (Fsp3) is 0.455. The molecule has 0 radical (unpaired) electrons. The van der Waals surface area contributed by atoms with Gasteiger partial charge in [0.15, 0.2) is 0 Å². The van der Waals surface area contributed by atoms with Crippen molar-refractivity contribution < 1.29 is 4.74 Å². The summed E-state index contributed by atoms with van der Waals surface area (Å²) < 4.78 is 5.36. The molecule has 14 heavy (non-hydrogen) atoms. The van der Waals surface area contributed by atoms with Gasteiger partial charge in [-0.2, -0.15) is 0 Å². The highest BCUT2D eigenvalue weighted by atomic mass is 16.5. The molecule has 3 heteroatoms. The molecule has 0 fully saturated rings. The summed E-state index contributed by atoms with van der Waals surface area (Å²) in [6.07, 6.45) is 1.10. The minimum Gasteiger partial charge on any atom is -0.495 e. The third kappa shape index (κ3) is 1.39. The Bertz CT molecular complexity index is 347. The molecule has 3 nitrogen and oxygen atoms in total. The Hall–Kier alpha value is -1.38. The molecule has 0 aliphatic carbocycles. The van der Waals surface area contributed by atoms with E-state index >= 15 is 0 Å². The Morgan fingerprint density at radius 1 is 1.36 bits per heavy atom. The Kier molecular flexibility index (Phi) is 2.23. The van der Waals surface area contributed by atoms with Crippen LogP contribution in [0.3, 0.4) is 0 Å². The van der Waals surface area contributed by atoms with E-state index in [4.69, 9.17) is 4.74 Å². The zero-order valence-corrected chi connectivity index (χ0v) is 8.92. The van der Waals surface area contributed by atoms with Gasteiger partial charge in [-0.15, -0.1) is 0 Å². The first-order chi connectivity index (χ1) is 6.72. The van der Waals surface area contributed by atoms with Crippen LogP contribution >= 0.6 is 0 Å². The maximum atomic E-state index is 5.36. The lowest BCUT2D eigenvalue weighted by Crippen LogP contribution is -2.10. The first kappa shape index (κ1) is 9.19. The predicted molar refractivity (Wildman–Crippen MR) is 59.5 cm³/mol. The molecule has 0 atom stereocenters. The van der Waals surface area contributed by atoms with Crippen LogP contribution in [0, 0.1) is 0 Å². The summed E-state index contributed by atoms with van der Waals surface area (Å²) in [4.78, 5) is 2.07. The summed E-state index contributed by atoms with van der Waals surface area (Å²) in [5.41, 5.74) is 3.72. The molecule has 0 amide bonds. The first-order valence-corrected chi connectivity index (χ1v) is 4.84. The quantitative estimate of drug-likeness (QED) is 0.772. The van der Waals surface area contributed by atoms with Crippen LogP contribution in [0.2, 0.25) is 0 Å². The van der Waals surface area contributed by atoms with Gasteiger partial charge < -0.3 is 15.0 Å². The van der Waals surface area contributed by atoms with Crippen LogP contribution in [0.1, 0.15) is 5.56 Å². The molecule has 1 aliphatic rings. The van der Waals surface area contributed by atoms with Gasteiger partial charge in [-0.1, -0.05) is 0 Å². The minimum atomic E-state index is 0.956. The lowest BCUT2D eigenvalue weighted by atomic mass is 10.1. The van der Waals surface area contributed by atoms with Crippen molar-refractivity contribution in [3.8, 4) is 5.75 Å². The van der Waals surface area contributed by atoms with Gasteiger partial charge in [0.25, 0.3) is 0 Å². The van der Waals surface area contributed by atoms with Crippen molar-refractivity contribution in [2.75, 3.05) is 38.0 Å². The summed E-state index contributed by atoms with van der Waals surface area (Å²) in [5, 5.41) is 3.36. The lowest BCUT2D eigenvalue weighted by molar-refractivity contribution is 0.415. The summed E-state index contributed by atoms with van der Waals surface area (Å²) in [6.45, 7) is 1.04. The normalized spacial score (nSPS) is 13.4. The number of nitrogens with zero attached hydrogens (tertiary/aromatic N) is 1. The first-order valence-electron chi connectivity index (χ1n) is 4.84. The van der Waals surface area contributed by atoms with E-state index in [-0.39, 0.29) is 0 Å². The summed E-state index contributed by atoms with van der Waals surface area (Å²) in [7, 11) is 5.77. The monoisotopic (exact) mass is 192 g/mol. The van der Waals surface area contributed by atoms with Crippen molar-refractivity contribution >= 4 is 11.4 Å². The van der Waals surface area contributed by atoms with Crippen molar-refractivity contribution in [1.82, 2.24) is 0 Å². The summed E-state index contributed by atoms with van der Waals surface area (Å²) in [5.74, 6) is 0.956. The van der Waals surface area contributed by atoms with Crippen molar-refractivity contribution in [3.05, 3.63) is 17.7 Å². The lowest BCUT2D eigenvalue weighted by Gasteiger charge is -2.18. The van der Waals surface area contributed by atoms with Crippen LogP contribution in [-0.4, -0.2) is 27.7 Å². The number of benzene rings is 1. The van der Waals surface area contributed by atoms with Gasteiger partial charge in [-0.25, -0.2) is 0 Å². The molecular formula is C11H16N2O. The van der Waals surface area contributed by atoms with Gasteiger partial charge in [0, 0.05) is 26.3 Å². The molecule has 0 aromatic heterocycles. The van der Waals surface area contributed by atoms with Crippen LogP contribution in [0.4, 0.5) is 11.4 Å². The van der Waals surface area contributed by atoms with Crippen molar-refractivity contribution in [3.63, 3.8) is 0 Å². The molecule has 76 valence electrons. The van der Waals surface area contributed by atoms with Crippen LogP contribution in [0.15, 0.2) is 12.1 Å². The number of hydrogen-bond donors (Lipinski definition) is 1. The second-order valence-electron chi connectivity index (χ2n) is 3.75. The van der Waals surface area contributed by atoms with Crippen LogP contribution in [0.5, 0.6) is 5.75 Å². The summed E-state index contributed by atoms with van der Waals surface area (Å²) >= 11 is 0. The fourth-order valence-electron chi connectivity index (χ4n) is 1.83. The van der Waals surface area contributed by atoms with E-state index in [0.29, 0.717) is 0 Å². The number of ether oxygens (including phenoxy) is 1. The third-order valence-electron chi connectivity index (χ3n) is 2.60. The number of anilines is 2. The van der Waals surface area contributed by atoms with Gasteiger partial charge in [0.05, 0.1) is 12.8 Å². The molecular weight excluding hydrogens is 176 g/mol.